The van der Waals surface area contributed by atoms with Crippen molar-refractivity contribution in [3.8, 4) is 0 Å². The Hall–Kier alpha value is -1.34. The zero-order valence-electron chi connectivity index (χ0n) is 21.9. The predicted molar refractivity (Wildman–Crippen MR) is 141 cm³/mol. The number of hydrogen-bond donors (Lipinski definition) is 1. The Morgan fingerprint density at radius 1 is 0.548 bits per heavy atom. The van der Waals surface area contributed by atoms with Crippen molar-refractivity contribution in [1.82, 2.24) is 0 Å². The largest absolute Gasteiger partial charge is 0.396 e. The molecule has 0 aromatic carbocycles. The third-order valence-electron chi connectivity index (χ3n) is 5.96. The highest BCUT2D eigenvalue weighted by molar-refractivity contribution is 5.08. The zero-order chi connectivity index (χ0) is 23.5. The zero-order valence-corrected chi connectivity index (χ0v) is 21.9. The third kappa shape index (κ3) is 20.3. The molecular weight excluding hydrogens is 376 g/mol. The van der Waals surface area contributed by atoms with E-state index in [0.29, 0.717) is 12.5 Å². The molecule has 0 fully saturated rings. The fraction of sp³-hybridized carbons (Fsp3) is 0.667. The molecule has 1 N–H and O–H groups in total. The molecule has 0 radical (unpaired) electrons. The maximum Gasteiger partial charge on any atom is 0.0433 e. The lowest BCUT2D eigenvalue weighted by atomic mass is 10.0. The van der Waals surface area contributed by atoms with Crippen molar-refractivity contribution >= 4 is 0 Å². The summed E-state index contributed by atoms with van der Waals surface area (Å²) in [6, 6.07) is 0. The average Bonchev–Trinajstić information content (AvgIpc) is 2.68. The van der Waals surface area contributed by atoms with Crippen LogP contribution < -0.4 is 0 Å². The molecule has 0 aromatic heterocycles. The molecule has 1 atom stereocenters. The van der Waals surface area contributed by atoms with Gasteiger partial charge in [-0.25, -0.2) is 0 Å². The maximum absolute atomic E-state index is 8.97. The van der Waals surface area contributed by atoms with Crippen molar-refractivity contribution < 1.29 is 5.11 Å². The van der Waals surface area contributed by atoms with Crippen molar-refractivity contribution in [3.63, 3.8) is 0 Å². The van der Waals surface area contributed by atoms with Gasteiger partial charge >= 0.3 is 0 Å². The van der Waals surface area contributed by atoms with Crippen LogP contribution in [-0.2, 0) is 0 Å². The summed E-state index contributed by atoms with van der Waals surface area (Å²) in [6.07, 6.45) is 24.6. The number of allylic oxidation sites excluding steroid dienone is 10. The Morgan fingerprint density at radius 3 is 1.26 bits per heavy atom. The van der Waals surface area contributed by atoms with Gasteiger partial charge < -0.3 is 5.11 Å². The molecule has 0 amide bonds. The van der Waals surface area contributed by atoms with Crippen molar-refractivity contribution in [1.29, 1.82) is 0 Å². The van der Waals surface area contributed by atoms with E-state index in [-0.39, 0.29) is 0 Å². The van der Waals surface area contributed by atoms with E-state index < -0.39 is 0 Å². The van der Waals surface area contributed by atoms with Gasteiger partial charge in [-0.1, -0.05) is 65.2 Å². The van der Waals surface area contributed by atoms with Crippen molar-refractivity contribution in [2.45, 2.75) is 119 Å². The second kappa shape index (κ2) is 19.4. The van der Waals surface area contributed by atoms with E-state index in [4.69, 9.17) is 5.11 Å². The molecule has 0 saturated heterocycles. The van der Waals surface area contributed by atoms with Gasteiger partial charge in [-0.05, 0) is 118 Å². The lowest BCUT2D eigenvalue weighted by Gasteiger charge is -2.07. The molecule has 31 heavy (non-hydrogen) atoms. The summed E-state index contributed by atoms with van der Waals surface area (Å²) < 4.78 is 0. The van der Waals surface area contributed by atoms with E-state index in [1.165, 1.54) is 72.8 Å². The smallest absolute Gasteiger partial charge is 0.0433 e. The molecule has 0 rings (SSSR count). The van der Waals surface area contributed by atoms with Gasteiger partial charge in [0, 0.05) is 6.61 Å². The van der Waals surface area contributed by atoms with Gasteiger partial charge in [0.2, 0.25) is 0 Å². The van der Waals surface area contributed by atoms with Crippen molar-refractivity contribution in [3.05, 3.63) is 58.2 Å². The van der Waals surface area contributed by atoms with Crippen LogP contribution in [0.1, 0.15) is 119 Å². The first-order chi connectivity index (χ1) is 14.7. The highest BCUT2D eigenvalue weighted by Gasteiger charge is 1.99. The van der Waals surface area contributed by atoms with E-state index >= 15 is 0 Å². The molecule has 1 heteroatoms. The van der Waals surface area contributed by atoms with Crippen LogP contribution in [0.3, 0.4) is 0 Å². The lowest BCUT2D eigenvalue weighted by Crippen LogP contribution is -1.97. The van der Waals surface area contributed by atoms with Crippen LogP contribution in [0.25, 0.3) is 0 Å². The van der Waals surface area contributed by atoms with E-state index in [1.807, 2.05) is 0 Å². The van der Waals surface area contributed by atoms with Gasteiger partial charge in [0.1, 0.15) is 0 Å². The first-order valence-electron chi connectivity index (χ1n) is 12.6. The molecule has 0 aliphatic rings. The minimum absolute atomic E-state index is 0.316. The summed E-state index contributed by atoms with van der Waals surface area (Å²) in [4.78, 5) is 0. The fourth-order valence-corrected chi connectivity index (χ4v) is 3.61. The van der Waals surface area contributed by atoms with Gasteiger partial charge in [0.05, 0.1) is 0 Å². The standard InChI is InChI=1S/C30H52O/c1-25(2)13-8-14-26(3)15-9-16-27(4)17-10-18-28(5)19-11-20-29(6)21-12-22-30(7)23-24-31/h13,15,17,19,21,30-31H,8-12,14,16,18,20,22-24H2,1-7H3. The van der Waals surface area contributed by atoms with E-state index in [9.17, 15) is 0 Å². The number of rotatable bonds is 17. The Labute approximate surface area is 195 Å². The molecule has 0 aromatic rings. The van der Waals surface area contributed by atoms with Crippen molar-refractivity contribution in [2.75, 3.05) is 6.61 Å². The molecule has 0 heterocycles. The summed E-state index contributed by atoms with van der Waals surface area (Å²) in [6.45, 7) is 16.0. The quantitative estimate of drug-likeness (QED) is 0.229. The molecular formula is C30H52O. The SMILES string of the molecule is CC(C)=CCCC(C)=CCCC(C)=CCCC(C)=CCCC(C)=CCCC(C)CCO. The molecule has 178 valence electrons. The van der Waals surface area contributed by atoms with Crippen LogP contribution in [0.4, 0.5) is 0 Å². The molecule has 0 spiro atoms. The van der Waals surface area contributed by atoms with Crippen LogP contribution in [0.15, 0.2) is 58.2 Å². The van der Waals surface area contributed by atoms with Crippen LogP contribution >= 0.6 is 0 Å². The second-order valence-electron chi connectivity index (χ2n) is 9.83. The van der Waals surface area contributed by atoms with Gasteiger partial charge in [-0.3, -0.25) is 0 Å². The summed E-state index contributed by atoms with van der Waals surface area (Å²) in [5.41, 5.74) is 7.48. The van der Waals surface area contributed by atoms with Crippen LogP contribution in [0, 0.1) is 5.92 Å². The summed E-state index contributed by atoms with van der Waals surface area (Å²) in [7, 11) is 0. The highest BCUT2D eigenvalue weighted by atomic mass is 16.3. The number of aliphatic hydroxyl groups is 1. The Balaban J connectivity index is 4.05. The van der Waals surface area contributed by atoms with E-state index in [0.717, 1.165) is 25.7 Å². The molecule has 1 unspecified atom stereocenters. The van der Waals surface area contributed by atoms with Crippen molar-refractivity contribution in [2.24, 2.45) is 5.92 Å². The van der Waals surface area contributed by atoms with E-state index in [1.54, 1.807) is 0 Å². The van der Waals surface area contributed by atoms with Gasteiger partial charge in [-0.2, -0.15) is 0 Å². The topological polar surface area (TPSA) is 20.2 Å². The minimum atomic E-state index is 0.316. The minimum Gasteiger partial charge on any atom is -0.396 e. The average molecular weight is 429 g/mol. The monoisotopic (exact) mass is 428 g/mol. The molecule has 1 nitrogen and oxygen atoms in total. The lowest BCUT2D eigenvalue weighted by molar-refractivity contribution is 0.259. The van der Waals surface area contributed by atoms with Crippen LogP contribution in [-0.4, -0.2) is 11.7 Å². The normalized spacial score (nSPS) is 14.7. The Morgan fingerprint density at radius 2 is 0.903 bits per heavy atom. The molecule has 0 aliphatic carbocycles. The first kappa shape index (κ1) is 29.7. The summed E-state index contributed by atoms with van der Waals surface area (Å²) in [5.74, 6) is 0.625. The number of aliphatic hydroxyl groups excluding tert-OH is 1. The molecule has 0 saturated carbocycles. The maximum atomic E-state index is 8.97. The van der Waals surface area contributed by atoms with Crippen LogP contribution in [0.2, 0.25) is 0 Å². The predicted octanol–water partition coefficient (Wildman–Crippen LogP) is 9.66. The van der Waals surface area contributed by atoms with Crippen LogP contribution in [0.5, 0.6) is 0 Å². The highest BCUT2D eigenvalue weighted by Crippen LogP contribution is 2.16. The molecule has 0 bridgehead atoms. The van der Waals surface area contributed by atoms with Gasteiger partial charge in [0.15, 0.2) is 0 Å². The van der Waals surface area contributed by atoms with Gasteiger partial charge in [-0.15, -0.1) is 0 Å². The summed E-state index contributed by atoms with van der Waals surface area (Å²) in [5, 5.41) is 8.97. The number of hydrogen-bond acceptors (Lipinski definition) is 1. The fourth-order valence-electron chi connectivity index (χ4n) is 3.61. The van der Waals surface area contributed by atoms with E-state index in [2.05, 4.69) is 78.8 Å². The Kier molecular flexibility index (Phi) is 18.5. The summed E-state index contributed by atoms with van der Waals surface area (Å²) >= 11 is 0. The third-order valence-corrected chi connectivity index (χ3v) is 5.96. The Bertz CT molecular complexity index is 608. The first-order valence-corrected chi connectivity index (χ1v) is 12.6. The van der Waals surface area contributed by atoms with Gasteiger partial charge in [0.25, 0.3) is 0 Å². The molecule has 0 aliphatic heterocycles. The second-order valence-corrected chi connectivity index (χ2v) is 9.83.